The number of hydrogen-bond donors (Lipinski definition) is 1. The highest BCUT2D eigenvalue weighted by Gasteiger charge is 2.13. The number of rotatable bonds is 5. The van der Waals surface area contributed by atoms with Crippen LogP contribution in [0.5, 0.6) is 17.2 Å². The van der Waals surface area contributed by atoms with Gasteiger partial charge < -0.3 is 19.5 Å². The Labute approximate surface area is 169 Å². The third-order valence-electron chi connectivity index (χ3n) is 4.37. The Morgan fingerprint density at radius 2 is 1.66 bits per heavy atom. The van der Waals surface area contributed by atoms with Gasteiger partial charge in [0.25, 0.3) is 5.91 Å². The van der Waals surface area contributed by atoms with Crippen LogP contribution in [0, 0.1) is 11.8 Å². The van der Waals surface area contributed by atoms with E-state index in [1.54, 1.807) is 18.2 Å². The van der Waals surface area contributed by atoms with Gasteiger partial charge in [0.2, 0.25) is 6.79 Å². The van der Waals surface area contributed by atoms with Crippen LogP contribution in [0.15, 0.2) is 72.8 Å². The molecule has 0 saturated heterocycles. The Morgan fingerprint density at radius 1 is 0.897 bits per heavy atom. The van der Waals surface area contributed by atoms with Gasteiger partial charge in [0.05, 0.1) is 6.54 Å². The Hall–Kier alpha value is -3.91. The molecular formula is C24H19NO4. The molecule has 1 aliphatic heterocycles. The van der Waals surface area contributed by atoms with E-state index in [0.29, 0.717) is 22.8 Å². The zero-order chi connectivity index (χ0) is 19.9. The number of fused-ring (bicyclic) bond motifs is 1. The highest BCUT2D eigenvalue weighted by atomic mass is 16.7. The average molecular weight is 385 g/mol. The standard InChI is InChI=1S/C24H19NO4/c26-24(20-10-8-19(9-11-20)18-6-2-1-3-7-18)25-14-4-5-15-27-21-12-13-22-23(16-21)29-17-28-22/h1-3,6-13,16H,14-15,17H2,(H,25,26). The van der Waals surface area contributed by atoms with E-state index in [2.05, 4.69) is 17.2 Å². The summed E-state index contributed by atoms with van der Waals surface area (Å²) in [7, 11) is 0. The minimum Gasteiger partial charge on any atom is -0.481 e. The van der Waals surface area contributed by atoms with Crippen LogP contribution in [0.3, 0.4) is 0 Å². The van der Waals surface area contributed by atoms with Crippen LogP contribution in [0.25, 0.3) is 11.1 Å². The van der Waals surface area contributed by atoms with Crippen LogP contribution >= 0.6 is 0 Å². The Morgan fingerprint density at radius 3 is 2.48 bits per heavy atom. The minimum absolute atomic E-state index is 0.157. The van der Waals surface area contributed by atoms with Crippen molar-refractivity contribution in [1.82, 2.24) is 5.32 Å². The lowest BCUT2D eigenvalue weighted by atomic mass is 10.0. The zero-order valence-electron chi connectivity index (χ0n) is 15.7. The molecule has 1 N–H and O–H groups in total. The summed E-state index contributed by atoms with van der Waals surface area (Å²) < 4.78 is 16.1. The van der Waals surface area contributed by atoms with Crippen molar-refractivity contribution < 1.29 is 19.0 Å². The van der Waals surface area contributed by atoms with Crippen molar-refractivity contribution in [3.8, 4) is 40.2 Å². The molecule has 144 valence electrons. The molecule has 0 atom stereocenters. The van der Waals surface area contributed by atoms with E-state index >= 15 is 0 Å². The van der Waals surface area contributed by atoms with Crippen LogP contribution in [0.2, 0.25) is 0 Å². The van der Waals surface area contributed by atoms with E-state index in [1.165, 1.54) is 0 Å². The molecule has 0 spiro atoms. The normalized spacial score (nSPS) is 11.3. The molecule has 0 unspecified atom stereocenters. The molecule has 0 saturated carbocycles. The van der Waals surface area contributed by atoms with Crippen LogP contribution in [-0.4, -0.2) is 25.9 Å². The predicted octanol–water partition coefficient (Wildman–Crippen LogP) is 3.89. The summed E-state index contributed by atoms with van der Waals surface area (Å²) in [5.74, 6) is 7.64. The first-order chi connectivity index (χ1) is 14.3. The second-order valence-corrected chi connectivity index (χ2v) is 6.28. The Bertz CT molecular complexity index is 1050. The first kappa shape index (κ1) is 18.5. The molecule has 5 nitrogen and oxygen atoms in total. The number of carbonyl (C=O) groups excluding carboxylic acids is 1. The largest absolute Gasteiger partial charge is 0.481 e. The van der Waals surface area contributed by atoms with Gasteiger partial charge in [-0.2, -0.15) is 0 Å². The van der Waals surface area contributed by atoms with Gasteiger partial charge in [-0.05, 0) is 35.4 Å². The van der Waals surface area contributed by atoms with Crippen LogP contribution < -0.4 is 19.5 Å². The second kappa shape index (κ2) is 8.85. The van der Waals surface area contributed by atoms with Gasteiger partial charge in [0.1, 0.15) is 12.4 Å². The molecule has 5 heteroatoms. The predicted molar refractivity (Wildman–Crippen MR) is 110 cm³/mol. The fraction of sp³-hybridized carbons (Fsp3) is 0.125. The molecule has 3 aromatic rings. The van der Waals surface area contributed by atoms with Gasteiger partial charge >= 0.3 is 0 Å². The number of benzene rings is 3. The highest BCUT2D eigenvalue weighted by Crippen LogP contribution is 2.34. The molecule has 0 aromatic heterocycles. The van der Waals surface area contributed by atoms with Crippen molar-refractivity contribution in [3.05, 3.63) is 78.4 Å². The fourth-order valence-corrected chi connectivity index (χ4v) is 2.87. The van der Waals surface area contributed by atoms with Crippen LogP contribution in [0.1, 0.15) is 10.4 Å². The number of nitrogens with one attached hydrogen (secondary N) is 1. The molecular weight excluding hydrogens is 366 g/mol. The van der Waals surface area contributed by atoms with Gasteiger partial charge in [0.15, 0.2) is 11.5 Å². The summed E-state index contributed by atoms with van der Waals surface area (Å²) >= 11 is 0. The number of ether oxygens (including phenoxy) is 3. The number of hydrogen-bond acceptors (Lipinski definition) is 4. The van der Waals surface area contributed by atoms with Gasteiger partial charge in [-0.15, -0.1) is 0 Å². The quantitative estimate of drug-likeness (QED) is 0.677. The Kier molecular flexibility index (Phi) is 5.63. The lowest BCUT2D eigenvalue weighted by molar-refractivity contribution is 0.0958. The van der Waals surface area contributed by atoms with E-state index < -0.39 is 0 Å². The fourth-order valence-electron chi connectivity index (χ4n) is 2.87. The maximum absolute atomic E-state index is 12.2. The minimum atomic E-state index is -0.157. The molecule has 3 aromatic carbocycles. The molecule has 1 heterocycles. The van der Waals surface area contributed by atoms with Crippen molar-refractivity contribution in [3.63, 3.8) is 0 Å². The topological polar surface area (TPSA) is 56.8 Å². The Balaban J connectivity index is 1.23. The smallest absolute Gasteiger partial charge is 0.252 e. The first-order valence-electron chi connectivity index (χ1n) is 9.21. The maximum atomic E-state index is 12.2. The second-order valence-electron chi connectivity index (χ2n) is 6.28. The molecule has 29 heavy (non-hydrogen) atoms. The zero-order valence-corrected chi connectivity index (χ0v) is 15.7. The van der Waals surface area contributed by atoms with Crippen molar-refractivity contribution in [1.29, 1.82) is 0 Å². The van der Waals surface area contributed by atoms with Crippen molar-refractivity contribution >= 4 is 5.91 Å². The SMILES string of the molecule is O=C(NCC#CCOc1ccc2c(c1)OCO2)c1ccc(-c2ccccc2)cc1. The van der Waals surface area contributed by atoms with E-state index in [4.69, 9.17) is 14.2 Å². The summed E-state index contributed by atoms with van der Waals surface area (Å²) in [5.41, 5.74) is 2.79. The number of carbonyl (C=O) groups is 1. The summed E-state index contributed by atoms with van der Waals surface area (Å²) in [6.45, 7) is 0.707. The van der Waals surface area contributed by atoms with E-state index in [9.17, 15) is 4.79 Å². The summed E-state index contributed by atoms with van der Waals surface area (Å²) in [4.78, 5) is 12.2. The third-order valence-corrected chi connectivity index (χ3v) is 4.37. The maximum Gasteiger partial charge on any atom is 0.252 e. The highest BCUT2D eigenvalue weighted by molar-refractivity contribution is 5.94. The van der Waals surface area contributed by atoms with Crippen molar-refractivity contribution in [2.75, 3.05) is 19.9 Å². The molecule has 0 fully saturated rings. The first-order valence-corrected chi connectivity index (χ1v) is 9.21. The molecule has 1 amide bonds. The van der Waals surface area contributed by atoms with Gasteiger partial charge in [-0.25, -0.2) is 0 Å². The van der Waals surface area contributed by atoms with E-state index in [0.717, 1.165) is 11.1 Å². The lowest BCUT2D eigenvalue weighted by Crippen LogP contribution is -2.23. The lowest BCUT2D eigenvalue weighted by Gasteiger charge is -2.04. The van der Waals surface area contributed by atoms with Crippen LogP contribution in [-0.2, 0) is 0 Å². The summed E-state index contributed by atoms with van der Waals surface area (Å²) in [6.07, 6.45) is 0. The van der Waals surface area contributed by atoms with Gasteiger partial charge in [0, 0.05) is 11.6 Å². The van der Waals surface area contributed by atoms with Crippen LogP contribution in [0.4, 0.5) is 0 Å². The monoisotopic (exact) mass is 385 g/mol. The number of amides is 1. The van der Waals surface area contributed by atoms with Crippen molar-refractivity contribution in [2.24, 2.45) is 0 Å². The molecule has 0 bridgehead atoms. The molecule has 4 rings (SSSR count). The summed E-state index contributed by atoms with van der Waals surface area (Å²) in [5, 5.41) is 2.79. The molecule has 0 aliphatic carbocycles. The van der Waals surface area contributed by atoms with Gasteiger partial charge in [-0.1, -0.05) is 54.3 Å². The third kappa shape index (κ3) is 4.69. The average Bonchev–Trinajstić information content (AvgIpc) is 3.24. The molecule has 1 aliphatic rings. The van der Waals surface area contributed by atoms with Crippen molar-refractivity contribution in [2.45, 2.75) is 0 Å². The van der Waals surface area contributed by atoms with E-state index in [-0.39, 0.29) is 25.9 Å². The van der Waals surface area contributed by atoms with Gasteiger partial charge in [-0.3, -0.25) is 4.79 Å². The summed E-state index contributed by atoms with van der Waals surface area (Å²) in [6, 6.07) is 22.9. The van der Waals surface area contributed by atoms with E-state index in [1.807, 2.05) is 54.6 Å². The molecule has 0 radical (unpaired) electrons.